The third-order valence-electron chi connectivity index (χ3n) is 4.70. The molecule has 172 valence electrons. The average molecular weight is 516 g/mol. The zero-order valence-electron chi connectivity index (χ0n) is 16.7. The normalized spacial score (nSPS) is 12.8. The summed E-state index contributed by atoms with van der Waals surface area (Å²) in [6.07, 6.45) is -0.527. The molecule has 0 saturated carbocycles. The minimum atomic E-state index is -4.82. The summed E-state index contributed by atoms with van der Waals surface area (Å²) < 4.78 is 56.8. The van der Waals surface area contributed by atoms with Gasteiger partial charge < -0.3 is 14.3 Å². The molecule has 0 spiro atoms. The number of hydrogen-bond donors (Lipinski definition) is 1. The van der Waals surface area contributed by atoms with Crippen molar-refractivity contribution in [3.63, 3.8) is 0 Å². The molecule has 1 N–H and O–H groups in total. The molecule has 0 fully saturated rings. The lowest BCUT2D eigenvalue weighted by atomic mass is 10.2. The molecule has 0 aliphatic rings. The summed E-state index contributed by atoms with van der Waals surface area (Å²) in [5.74, 6) is -1.21. The molecule has 0 aliphatic heterocycles. The molecule has 0 radical (unpaired) electrons. The molecule has 13 heteroatoms. The summed E-state index contributed by atoms with van der Waals surface area (Å²) in [6.45, 7) is 0. The Morgan fingerprint density at radius 2 is 1.85 bits per heavy atom. The number of halogens is 5. The van der Waals surface area contributed by atoms with Crippen molar-refractivity contribution in [1.82, 2.24) is 18.9 Å². The van der Waals surface area contributed by atoms with E-state index in [1.54, 1.807) is 19.3 Å². The van der Waals surface area contributed by atoms with Crippen molar-refractivity contribution in [3.8, 4) is 0 Å². The lowest BCUT2D eigenvalue weighted by molar-refractivity contribution is -0.141. The number of rotatable bonds is 5. The Morgan fingerprint density at radius 1 is 1.15 bits per heavy atom. The van der Waals surface area contributed by atoms with Crippen LogP contribution in [0.5, 0.6) is 0 Å². The third-order valence-corrected chi connectivity index (χ3v) is 6.67. The predicted molar refractivity (Wildman–Crippen MR) is 118 cm³/mol. The molecule has 33 heavy (non-hydrogen) atoms. The van der Waals surface area contributed by atoms with E-state index in [0.717, 1.165) is 4.40 Å². The molecule has 0 saturated heterocycles. The Kier molecular flexibility index (Phi) is 6.21. The summed E-state index contributed by atoms with van der Waals surface area (Å²) in [4.78, 5) is 20.4. The number of anilines is 1. The molecular weight excluding hydrogens is 502 g/mol. The SMILES string of the molecule is Cn1ccnc1S(=O)Cc1c(C(F)(F)F)nc2c(NC(=O)c3c(Cl)cccc3Cl)cccn12. The molecular formula is C20H14Cl2F3N5O2S. The molecule has 1 aromatic carbocycles. The molecule has 3 aromatic heterocycles. The molecule has 0 bridgehead atoms. The number of aromatic nitrogens is 4. The monoisotopic (exact) mass is 515 g/mol. The quantitative estimate of drug-likeness (QED) is 0.407. The highest BCUT2D eigenvalue weighted by atomic mass is 35.5. The fraction of sp³-hybridized carbons (Fsp3) is 0.150. The molecule has 7 nitrogen and oxygen atoms in total. The highest BCUT2D eigenvalue weighted by Gasteiger charge is 2.39. The Balaban J connectivity index is 1.79. The number of nitrogens with one attached hydrogen (secondary N) is 1. The Morgan fingerprint density at radius 3 is 2.45 bits per heavy atom. The van der Waals surface area contributed by atoms with Crippen LogP contribution in [0.2, 0.25) is 10.0 Å². The maximum atomic E-state index is 13.8. The fourth-order valence-electron chi connectivity index (χ4n) is 3.24. The maximum Gasteiger partial charge on any atom is 0.435 e. The van der Waals surface area contributed by atoms with E-state index in [0.29, 0.717) is 0 Å². The molecule has 1 amide bonds. The summed E-state index contributed by atoms with van der Waals surface area (Å²) >= 11 is 12.1. The van der Waals surface area contributed by atoms with Gasteiger partial charge in [-0.15, -0.1) is 0 Å². The van der Waals surface area contributed by atoms with Gasteiger partial charge in [0.25, 0.3) is 5.91 Å². The van der Waals surface area contributed by atoms with E-state index in [4.69, 9.17) is 23.2 Å². The zero-order valence-corrected chi connectivity index (χ0v) is 19.1. The van der Waals surface area contributed by atoms with Crippen molar-refractivity contribution in [2.24, 2.45) is 7.05 Å². The number of nitrogens with zero attached hydrogens (tertiary/aromatic N) is 4. The number of hydrogen-bond acceptors (Lipinski definition) is 4. The number of pyridine rings is 1. The van der Waals surface area contributed by atoms with Gasteiger partial charge in [0.15, 0.2) is 16.5 Å². The smallest absolute Gasteiger partial charge is 0.327 e. The first-order chi connectivity index (χ1) is 15.6. The number of carbonyl (C=O) groups excluding carboxylic acids is 1. The average Bonchev–Trinajstić information content (AvgIpc) is 3.32. The van der Waals surface area contributed by atoms with Crippen LogP contribution in [0, 0.1) is 0 Å². The van der Waals surface area contributed by atoms with E-state index in [1.807, 2.05) is 0 Å². The molecule has 4 aromatic rings. The van der Waals surface area contributed by atoms with Crippen LogP contribution in [0.25, 0.3) is 5.65 Å². The van der Waals surface area contributed by atoms with Crippen LogP contribution in [-0.2, 0) is 29.8 Å². The van der Waals surface area contributed by atoms with Crippen LogP contribution in [0.4, 0.5) is 18.9 Å². The van der Waals surface area contributed by atoms with Gasteiger partial charge in [-0.3, -0.25) is 9.00 Å². The fourth-order valence-corrected chi connectivity index (χ4v) is 5.02. The topological polar surface area (TPSA) is 81.3 Å². The minimum absolute atomic E-state index is 0.00184. The summed E-state index contributed by atoms with van der Waals surface area (Å²) in [5, 5.41) is 2.80. The first-order valence-corrected chi connectivity index (χ1v) is 11.3. The molecule has 4 rings (SSSR count). The number of benzene rings is 1. The summed E-state index contributed by atoms with van der Waals surface area (Å²) in [5.41, 5.74) is -1.74. The lowest BCUT2D eigenvalue weighted by Gasteiger charge is -2.10. The Labute approximate surface area is 197 Å². The third kappa shape index (κ3) is 4.48. The van der Waals surface area contributed by atoms with Gasteiger partial charge in [0.1, 0.15) is 0 Å². The highest BCUT2D eigenvalue weighted by molar-refractivity contribution is 7.84. The van der Waals surface area contributed by atoms with E-state index < -0.39 is 34.3 Å². The number of fused-ring (bicyclic) bond motifs is 1. The number of carbonyl (C=O) groups is 1. The van der Waals surface area contributed by atoms with Gasteiger partial charge in [-0.1, -0.05) is 29.3 Å². The number of alkyl halides is 3. The molecule has 1 unspecified atom stereocenters. The van der Waals surface area contributed by atoms with Gasteiger partial charge in [0.05, 0.1) is 43.5 Å². The largest absolute Gasteiger partial charge is 0.435 e. The predicted octanol–water partition coefficient (Wildman–Crippen LogP) is 4.95. The van der Waals surface area contributed by atoms with Crippen LogP contribution in [0.3, 0.4) is 0 Å². The Bertz CT molecular complexity index is 1380. The van der Waals surface area contributed by atoms with E-state index in [9.17, 15) is 22.2 Å². The molecule has 3 heterocycles. The molecule has 1 atom stereocenters. The standard InChI is InChI=1S/C20H14Cl2F3N5O2S/c1-29-9-7-26-19(29)33(32)10-14-16(20(23,24)25)28-17-13(6-3-8-30(14)17)27-18(31)15-11(21)4-2-5-12(15)22/h2-9H,10H2,1H3,(H,27,31). The van der Waals surface area contributed by atoms with Gasteiger partial charge in [-0.05, 0) is 24.3 Å². The van der Waals surface area contributed by atoms with Gasteiger partial charge in [-0.2, -0.15) is 13.2 Å². The van der Waals surface area contributed by atoms with Crippen LogP contribution < -0.4 is 5.32 Å². The Hall–Kier alpha value is -2.89. The van der Waals surface area contributed by atoms with Crippen LogP contribution in [-0.4, -0.2) is 29.1 Å². The van der Waals surface area contributed by atoms with Crippen molar-refractivity contribution < 1.29 is 22.2 Å². The van der Waals surface area contributed by atoms with Gasteiger partial charge >= 0.3 is 6.18 Å². The number of aryl methyl sites for hydroxylation is 1. The van der Waals surface area contributed by atoms with E-state index in [-0.39, 0.29) is 37.8 Å². The van der Waals surface area contributed by atoms with E-state index in [1.165, 1.54) is 41.2 Å². The maximum absolute atomic E-state index is 13.8. The number of imidazole rings is 2. The minimum Gasteiger partial charge on any atom is -0.327 e. The van der Waals surface area contributed by atoms with Crippen molar-refractivity contribution in [2.45, 2.75) is 17.1 Å². The first kappa shape index (κ1) is 23.3. The second-order valence-electron chi connectivity index (χ2n) is 6.88. The van der Waals surface area contributed by atoms with Crippen LogP contribution in [0.15, 0.2) is 54.1 Å². The highest BCUT2D eigenvalue weighted by Crippen LogP contribution is 2.35. The van der Waals surface area contributed by atoms with E-state index >= 15 is 0 Å². The molecule has 0 aliphatic carbocycles. The first-order valence-electron chi connectivity index (χ1n) is 9.26. The van der Waals surface area contributed by atoms with Crippen LogP contribution in [0.1, 0.15) is 21.7 Å². The van der Waals surface area contributed by atoms with Gasteiger partial charge in [0, 0.05) is 25.6 Å². The van der Waals surface area contributed by atoms with Crippen molar-refractivity contribution >= 4 is 51.2 Å². The van der Waals surface area contributed by atoms with Gasteiger partial charge in [-0.25, -0.2) is 9.97 Å². The number of amides is 1. The van der Waals surface area contributed by atoms with Crippen molar-refractivity contribution in [1.29, 1.82) is 0 Å². The summed E-state index contributed by atoms with van der Waals surface area (Å²) in [6, 6.07) is 7.31. The van der Waals surface area contributed by atoms with Crippen molar-refractivity contribution in [3.05, 3.63) is 75.9 Å². The summed E-state index contributed by atoms with van der Waals surface area (Å²) in [7, 11) is -0.289. The lowest BCUT2D eigenvalue weighted by Crippen LogP contribution is -2.14. The van der Waals surface area contributed by atoms with E-state index in [2.05, 4.69) is 15.3 Å². The zero-order chi connectivity index (χ0) is 23.9. The second-order valence-corrected chi connectivity index (χ2v) is 9.04. The van der Waals surface area contributed by atoms with Crippen molar-refractivity contribution in [2.75, 3.05) is 5.32 Å². The van der Waals surface area contributed by atoms with Crippen LogP contribution >= 0.6 is 23.2 Å². The van der Waals surface area contributed by atoms with Gasteiger partial charge in [0.2, 0.25) is 0 Å². The second kappa shape index (κ2) is 8.81.